The molecule has 0 fully saturated rings. The lowest BCUT2D eigenvalue weighted by Crippen LogP contribution is -2.23. The van der Waals surface area contributed by atoms with Crippen molar-refractivity contribution < 1.29 is 4.79 Å². The highest BCUT2D eigenvalue weighted by Crippen LogP contribution is 2.21. The third-order valence-electron chi connectivity index (χ3n) is 3.01. The first-order valence-electron chi connectivity index (χ1n) is 6.56. The van der Waals surface area contributed by atoms with Crippen LogP contribution in [0.4, 0.5) is 0 Å². The first-order chi connectivity index (χ1) is 8.81. The van der Waals surface area contributed by atoms with Gasteiger partial charge in [-0.3, -0.25) is 4.79 Å². The molecule has 0 bridgehead atoms. The maximum atomic E-state index is 11.8. The number of allylic oxidation sites excluding steroid dienone is 4. The normalized spacial score (nSPS) is 14.2. The molecule has 2 heteroatoms. The van der Waals surface area contributed by atoms with Gasteiger partial charge in [-0.1, -0.05) is 37.3 Å². The van der Waals surface area contributed by atoms with E-state index in [1.165, 1.54) is 11.1 Å². The minimum Gasteiger partial charge on any atom is -0.352 e. The fourth-order valence-electron chi connectivity index (χ4n) is 1.98. The van der Waals surface area contributed by atoms with Gasteiger partial charge in [-0.2, -0.15) is 0 Å². The zero-order chi connectivity index (χ0) is 12.8. The monoisotopic (exact) mass is 241 g/mol. The van der Waals surface area contributed by atoms with Crippen molar-refractivity contribution in [3.05, 3.63) is 53.6 Å². The summed E-state index contributed by atoms with van der Waals surface area (Å²) in [6, 6.07) is 7.82. The smallest absolute Gasteiger partial charge is 0.251 e. The standard InChI is InChI=1S/C16H19NO/c1-2-12-17-16(18)15-10-8-14(9-11-15)13-6-4-3-5-7-13/h4,6-11H,2-3,5,12H2,1H3,(H,17,18). The molecule has 0 saturated carbocycles. The van der Waals surface area contributed by atoms with E-state index in [2.05, 4.69) is 23.5 Å². The second-order valence-corrected chi connectivity index (χ2v) is 4.47. The van der Waals surface area contributed by atoms with Gasteiger partial charge >= 0.3 is 0 Å². The zero-order valence-corrected chi connectivity index (χ0v) is 10.8. The van der Waals surface area contributed by atoms with Gasteiger partial charge in [0.25, 0.3) is 5.91 Å². The third kappa shape index (κ3) is 3.10. The Morgan fingerprint density at radius 1 is 1.22 bits per heavy atom. The Balaban J connectivity index is 2.07. The topological polar surface area (TPSA) is 29.1 Å². The summed E-state index contributed by atoms with van der Waals surface area (Å²) >= 11 is 0. The predicted octanol–water partition coefficient (Wildman–Crippen LogP) is 3.56. The van der Waals surface area contributed by atoms with Crippen LogP contribution in [0.5, 0.6) is 0 Å². The highest BCUT2D eigenvalue weighted by molar-refractivity contribution is 5.94. The van der Waals surface area contributed by atoms with Crippen LogP contribution < -0.4 is 5.32 Å². The van der Waals surface area contributed by atoms with Crippen molar-refractivity contribution in [1.29, 1.82) is 0 Å². The molecule has 1 aliphatic rings. The molecule has 1 aliphatic carbocycles. The molecule has 18 heavy (non-hydrogen) atoms. The first kappa shape index (κ1) is 12.6. The number of carbonyl (C=O) groups is 1. The summed E-state index contributed by atoms with van der Waals surface area (Å²) in [5, 5.41) is 2.88. The molecule has 1 aromatic rings. The van der Waals surface area contributed by atoms with Gasteiger partial charge in [0, 0.05) is 12.1 Å². The van der Waals surface area contributed by atoms with Crippen molar-refractivity contribution >= 4 is 11.5 Å². The summed E-state index contributed by atoms with van der Waals surface area (Å²) in [7, 11) is 0. The van der Waals surface area contributed by atoms with Gasteiger partial charge in [0.1, 0.15) is 0 Å². The molecule has 0 atom stereocenters. The molecule has 0 unspecified atom stereocenters. The predicted molar refractivity (Wildman–Crippen MR) is 75.4 cm³/mol. The molecular formula is C16H19NO. The van der Waals surface area contributed by atoms with E-state index in [0.29, 0.717) is 0 Å². The molecule has 0 heterocycles. The molecule has 94 valence electrons. The van der Waals surface area contributed by atoms with Gasteiger partial charge in [-0.15, -0.1) is 0 Å². The second kappa shape index (κ2) is 6.20. The van der Waals surface area contributed by atoms with Crippen LogP contribution in [0.1, 0.15) is 42.1 Å². The second-order valence-electron chi connectivity index (χ2n) is 4.47. The molecule has 0 saturated heterocycles. The van der Waals surface area contributed by atoms with Crippen LogP contribution >= 0.6 is 0 Å². The van der Waals surface area contributed by atoms with Gasteiger partial charge in [-0.05, 0) is 42.5 Å². The van der Waals surface area contributed by atoms with Gasteiger partial charge < -0.3 is 5.32 Å². The Morgan fingerprint density at radius 3 is 2.61 bits per heavy atom. The fourth-order valence-corrected chi connectivity index (χ4v) is 1.98. The van der Waals surface area contributed by atoms with Crippen LogP contribution in [0.3, 0.4) is 0 Å². The van der Waals surface area contributed by atoms with E-state index in [-0.39, 0.29) is 5.91 Å². The molecule has 2 nitrogen and oxygen atoms in total. The minimum absolute atomic E-state index is 0.0107. The van der Waals surface area contributed by atoms with Crippen LogP contribution in [0.2, 0.25) is 0 Å². The lowest BCUT2D eigenvalue weighted by atomic mass is 9.98. The summed E-state index contributed by atoms with van der Waals surface area (Å²) in [6.45, 7) is 2.78. The summed E-state index contributed by atoms with van der Waals surface area (Å²) in [5.41, 5.74) is 3.16. The molecule has 0 spiro atoms. The number of rotatable bonds is 4. The third-order valence-corrected chi connectivity index (χ3v) is 3.01. The lowest BCUT2D eigenvalue weighted by molar-refractivity contribution is 0.0953. The van der Waals surface area contributed by atoms with Gasteiger partial charge in [-0.25, -0.2) is 0 Å². The quantitative estimate of drug-likeness (QED) is 0.858. The summed E-state index contributed by atoms with van der Waals surface area (Å²) in [4.78, 5) is 11.8. The average Bonchev–Trinajstić information content (AvgIpc) is 2.46. The van der Waals surface area contributed by atoms with Crippen molar-refractivity contribution in [2.24, 2.45) is 0 Å². The largest absolute Gasteiger partial charge is 0.352 e. The van der Waals surface area contributed by atoms with Gasteiger partial charge in [0.2, 0.25) is 0 Å². The number of nitrogens with one attached hydrogen (secondary N) is 1. The van der Waals surface area contributed by atoms with Crippen molar-refractivity contribution in [1.82, 2.24) is 5.32 Å². The van der Waals surface area contributed by atoms with Gasteiger partial charge in [0.05, 0.1) is 0 Å². The van der Waals surface area contributed by atoms with E-state index in [4.69, 9.17) is 0 Å². The van der Waals surface area contributed by atoms with Crippen LogP contribution in [-0.2, 0) is 0 Å². The number of hydrogen-bond donors (Lipinski definition) is 1. The van der Waals surface area contributed by atoms with Crippen molar-refractivity contribution in [3.8, 4) is 0 Å². The maximum Gasteiger partial charge on any atom is 0.251 e. The summed E-state index contributed by atoms with van der Waals surface area (Å²) < 4.78 is 0. The number of amides is 1. The molecule has 1 N–H and O–H groups in total. The van der Waals surface area contributed by atoms with E-state index in [9.17, 15) is 4.79 Å². The van der Waals surface area contributed by atoms with E-state index < -0.39 is 0 Å². The van der Waals surface area contributed by atoms with Crippen LogP contribution in [0, 0.1) is 0 Å². The zero-order valence-electron chi connectivity index (χ0n) is 10.8. The molecule has 2 rings (SSSR count). The molecule has 1 aromatic carbocycles. The van der Waals surface area contributed by atoms with E-state index in [1.807, 2.05) is 31.2 Å². The SMILES string of the molecule is CCCNC(=O)c1ccc(C2=CCCC=C2)cc1. The van der Waals surface area contributed by atoms with Gasteiger partial charge in [0.15, 0.2) is 0 Å². The van der Waals surface area contributed by atoms with Crippen LogP contribution in [-0.4, -0.2) is 12.5 Å². The van der Waals surface area contributed by atoms with Crippen molar-refractivity contribution in [2.45, 2.75) is 26.2 Å². The molecule has 0 aliphatic heterocycles. The minimum atomic E-state index is 0.0107. The Bertz CT molecular complexity index is 468. The van der Waals surface area contributed by atoms with Crippen LogP contribution in [0.15, 0.2) is 42.5 Å². The number of hydrogen-bond acceptors (Lipinski definition) is 1. The fraction of sp³-hybridized carbons (Fsp3) is 0.312. The highest BCUT2D eigenvalue weighted by Gasteiger charge is 2.05. The Morgan fingerprint density at radius 2 is 2.00 bits per heavy atom. The lowest BCUT2D eigenvalue weighted by Gasteiger charge is -2.08. The average molecular weight is 241 g/mol. The molecule has 0 aromatic heterocycles. The highest BCUT2D eigenvalue weighted by atomic mass is 16.1. The van der Waals surface area contributed by atoms with E-state index >= 15 is 0 Å². The summed E-state index contributed by atoms with van der Waals surface area (Å²) in [5.74, 6) is 0.0107. The van der Waals surface area contributed by atoms with E-state index in [1.54, 1.807) is 0 Å². The number of benzene rings is 1. The Kier molecular flexibility index (Phi) is 4.35. The van der Waals surface area contributed by atoms with Crippen LogP contribution in [0.25, 0.3) is 5.57 Å². The molecular weight excluding hydrogens is 222 g/mol. The first-order valence-corrected chi connectivity index (χ1v) is 6.56. The molecule has 1 amide bonds. The Labute approximate surface area is 108 Å². The van der Waals surface area contributed by atoms with E-state index in [0.717, 1.165) is 31.4 Å². The molecule has 0 radical (unpaired) electrons. The van der Waals surface area contributed by atoms with Crippen molar-refractivity contribution in [2.75, 3.05) is 6.54 Å². The number of carbonyl (C=O) groups excluding carboxylic acids is 1. The summed E-state index contributed by atoms with van der Waals surface area (Å²) in [6.07, 6.45) is 9.77. The maximum absolute atomic E-state index is 11.8. The Hall–Kier alpha value is -1.83. The van der Waals surface area contributed by atoms with Crippen molar-refractivity contribution in [3.63, 3.8) is 0 Å².